The molecule has 2 heterocycles. The first-order chi connectivity index (χ1) is 18.8. The summed E-state index contributed by atoms with van der Waals surface area (Å²) in [6.07, 6.45) is 9.12. The zero-order valence-corrected chi connectivity index (χ0v) is 23.7. The highest BCUT2D eigenvalue weighted by Crippen LogP contribution is 2.23. The predicted molar refractivity (Wildman–Crippen MR) is 158 cm³/mol. The van der Waals surface area contributed by atoms with Gasteiger partial charge in [-0.2, -0.15) is 0 Å². The van der Waals surface area contributed by atoms with Crippen LogP contribution in [0.15, 0.2) is 51.9 Å². The van der Waals surface area contributed by atoms with Gasteiger partial charge in [-0.3, -0.25) is 24.0 Å². The van der Waals surface area contributed by atoms with Crippen LogP contribution >= 0.6 is 0 Å². The Balaban J connectivity index is 1.71. The smallest absolute Gasteiger partial charge is 0.264 e. The largest absolute Gasteiger partial charge is 0.384 e. The van der Waals surface area contributed by atoms with Crippen molar-refractivity contribution in [3.05, 3.63) is 58.3 Å². The zero-order valence-electron chi connectivity index (χ0n) is 23.7. The number of likely N-dealkylation sites (tertiary alicyclic amines) is 1. The number of nitrogens with one attached hydrogen (secondary N) is 2. The van der Waals surface area contributed by atoms with Gasteiger partial charge in [-0.05, 0) is 62.4 Å². The Morgan fingerprint density at radius 2 is 2.03 bits per heavy atom. The van der Waals surface area contributed by atoms with Gasteiger partial charge in [-0.15, -0.1) is 0 Å². The molecule has 0 aliphatic carbocycles. The summed E-state index contributed by atoms with van der Waals surface area (Å²) >= 11 is 0. The van der Waals surface area contributed by atoms with Crippen molar-refractivity contribution in [2.75, 3.05) is 38.5 Å². The molecule has 1 aromatic carbocycles. The standard InChI is InChI=1S/C30H42N6O3/c1-21-15-22(2)18-35(17-21)19-24(16-31-4)9-6-7-14-33-26-10-8-11-27-29(26)30(39)36(23(3)34-27)25(20-37)12-13-28(38)32-5/h6,8-11,16,20-22,25,33H,4,7,12-15,17-19H2,1-3,5H3,(H,32,38)/b9-6-,24-16+. The van der Waals surface area contributed by atoms with Gasteiger partial charge in [-0.25, -0.2) is 4.98 Å². The van der Waals surface area contributed by atoms with Crippen LogP contribution in [0.3, 0.4) is 0 Å². The van der Waals surface area contributed by atoms with Crippen molar-refractivity contribution in [2.24, 2.45) is 16.8 Å². The third kappa shape index (κ3) is 8.20. The number of aldehydes is 1. The molecule has 2 N–H and O–H groups in total. The van der Waals surface area contributed by atoms with Crippen molar-refractivity contribution in [2.45, 2.75) is 52.5 Å². The molecular formula is C30H42N6O3. The number of carbonyl (C=O) groups is 2. The summed E-state index contributed by atoms with van der Waals surface area (Å²) in [4.78, 5) is 48.2. The van der Waals surface area contributed by atoms with E-state index in [-0.39, 0.29) is 24.3 Å². The van der Waals surface area contributed by atoms with Gasteiger partial charge in [0, 0.05) is 51.5 Å². The minimum atomic E-state index is -0.766. The van der Waals surface area contributed by atoms with Gasteiger partial charge in [0.05, 0.1) is 16.9 Å². The van der Waals surface area contributed by atoms with E-state index >= 15 is 0 Å². The average molecular weight is 535 g/mol. The van der Waals surface area contributed by atoms with E-state index in [1.165, 1.54) is 11.0 Å². The van der Waals surface area contributed by atoms with E-state index in [4.69, 9.17) is 0 Å². The van der Waals surface area contributed by atoms with E-state index in [0.717, 1.165) is 31.6 Å². The van der Waals surface area contributed by atoms with Gasteiger partial charge in [-0.1, -0.05) is 32.1 Å². The van der Waals surface area contributed by atoms with E-state index in [2.05, 4.69) is 58.2 Å². The van der Waals surface area contributed by atoms with Crippen LogP contribution < -0.4 is 16.2 Å². The SMILES string of the molecule is C=N/C=C(\C=C/CCNc1cccc2nc(C)n(C(C=O)CCC(=O)NC)c(=O)c12)CN1CC(C)CC(C)C1. The fraction of sp³-hybridized carbons (Fsp3) is 0.500. The van der Waals surface area contributed by atoms with E-state index in [0.29, 0.717) is 47.1 Å². The monoisotopic (exact) mass is 534 g/mol. The maximum Gasteiger partial charge on any atom is 0.264 e. The minimum absolute atomic E-state index is 0.143. The number of amides is 1. The fourth-order valence-electron chi connectivity index (χ4n) is 5.51. The lowest BCUT2D eigenvalue weighted by Crippen LogP contribution is -2.39. The van der Waals surface area contributed by atoms with Crippen LogP contribution in [0, 0.1) is 18.8 Å². The van der Waals surface area contributed by atoms with E-state index in [9.17, 15) is 14.4 Å². The first-order valence-corrected chi connectivity index (χ1v) is 13.7. The van der Waals surface area contributed by atoms with Crippen molar-refractivity contribution < 1.29 is 9.59 Å². The number of piperidine rings is 1. The second kappa shape index (κ2) is 14.5. The summed E-state index contributed by atoms with van der Waals surface area (Å²) in [5, 5.41) is 6.35. The summed E-state index contributed by atoms with van der Waals surface area (Å²) in [6, 6.07) is 4.73. The molecule has 1 aliphatic heterocycles. The number of hydrogen-bond acceptors (Lipinski definition) is 7. The lowest BCUT2D eigenvalue weighted by molar-refractivity contribution is -0.121. The van der Waals surface area contributed by atoms with Gasteiger partial charge in [0.2, 0.25) is 5.91 Å². The lowest BCUT2D eigenvalue weighted by atomic mass is 9.91. The Morgan fingerprint density at radius 3 is 2.69 bits per heavy atom. The fourth-order valence-corrected chi connectivity index (χ4v) is 5.51. The molecule has 0 spiro atoms. The number of aryl methyl sites for hydroxylation is 1. The Bertz CT molecular complexity index is 1270. The quantitative estimate of drug-likeness (QED) is 0.175. The molecule has 9 nitrogen and oxygen atoms in total. The maximum absolute atomic E-state index is 13.6. The minimum Gasteiger partial charge on any atom is -0.384 e. The molecule has 0 saturated carbocycles. The number of hydrogen-bond donors (Lipinski definition) is 2. The van der Waals surface area contributed by atoms with Crippen molar-refractivity contribution in [1.82, 2.24) is 19.8 Å². The third-order valence-corrected chi connectivity index (χ3v) is 7.11. The van der Waals surface area contributed by atoms with Gasteiger partial charge in [0.1, 0.15) is 12.1 Å². The summed E-state index contributed by atoms with van der Waals surface area (Å²) in [5.41, 5.74) is 2.06. The number of aliphatic imine (C=N–C) groups is 1. The second-order valence-electron chi connectivity index (χ2n) is 10.6. The number of anilines is 1. The summed E-state index contributed by atoms with van der Waals surface area (Å²) in [7, 11) is 1.55. The summed E-state index contributed by atoms with van der Waals surface area (Å²) in [5.74, 6) is 1.65. The lowest BCUT2D eigenvalue weighted by Gasteiger charge is -2.35. The molecule has 2 aromatic rings. The number of aromatic nitrogens is 2. The molecule has 0 radical (unpaired) electrons. The number of carbonyl (C=O) groups excluding carboxylic acids is 2. The molecule has 0 bridgehead atoms. The summed E-state index contributed by atoms with van der Waals surface area (Å²) in [6.45, 7) is 13.6. The number of nitrogens with zero attached hydrogens (tertiary/aromatic N) is 4. The van der Waals surface area contributed by atoms with Crippen molar-refractivity contribution in [3.8, 4) is 0 Å². The van der Waals surface area contributed by atoms with Crippen LogP contribution in [-0.2, 0) is 9.59 Å². The van der Waals surface area contributed by atoms with Gasteiger partial charge in [0.25, 0.3) is 5.56 Å². The van der Waals surface area contributed by atoms with Crippen molar-refractivity contribution >= 4 is 35.5 Å². The molecule has 1 aromatic heterocycles. The molecule has 3 atom stereocenters. The van der Waals surface area contributed by atoms with Crippen LogP contribution in [0.5, 0.6) is 0 Å². The highest BCUT2D eigenvalue weighted by molar-refractivity contribution is 5.90. The Hall–Kier alpha value is -3.59. The molecule has 1 amide bonds. The van der Waals surface area contributed by atoms with Crippen LogP contribution in [0.25, 0.3) is 10.9 Å². The van der Waals surface area contributed by atoms with Crippen LogP contribution in [0.1, 0.15) is 51.4 Å². The first kappa shape index (κ1) is 30.0. The third-order valence-electron chi connectivity index (χ3n) is 7.11. The number of benzene rings is 1. The zero-order chi connectivity index (χ0) is 28.4. The highest BCUT2D eigenvalue weighted by atomic mass is 16.2. The molecule has 3 unspecified atom stereocenters. The topological polar surface area (TPSA) is 109 Å². The van der Waals surface area contributed by atoms with Gasteiger partial charge >= 0.3 is 0 Å². The van der Waals surface area contributed by atoms with E-state index in [1.54, 1.807) is 20.0 Å². The maximum atomic E-state index is 13.6. The average Bonchev–Trinajstić information content (AvgIpc) is 2.89. The van der Waals surface area contributed by atoms with E-state index in [1.807, 2.05) is 18.3 Å². The second-order valence-corrected chi connectivity index (χ2v) is 10.6. The molecule has 3 rings (SSSR count). The first-order valence-electron chi connectivity index (χ1n) is 13.7. The Labute approximate surface area is 231 Å². The molecule has 39 heavy (non-hydrogen) atoms. The van der Waals surface area contributed by atoms with Gasteiger partial charge < -0.3 is 15.4 Å². The van der Waals surface area contributed by atoms with Gasteiger partial charge in [0.15, 0.2) is 0 Å². The molecule has 1 fully saturated rings. The molecule has 1 aliphatic rings. The number of fused-ring (bicyclic) bond motifs is 1. The Kier molecular flexibility index (Phi) is 11.2. The molecule has 210 valence electrons. The van der Waals surface area contributed by atoms with Crippen LogP contribution in [0.4, 0.5) is 5.69 Å². The molecular weight excluding hydrogens is 492 g/mol. The normalized spacial score (nSPS) is 19.2. The highest BCUT2D eigenvalue weighted by Gasteiger charge is 2.22. The molecule has 1 saturated heterocycles. The molecule has 9 heteroatoms. The van der Waals surface area contributed by atoms with E-state index < -0.39 is 6.04 Å². The van der Waals surface area contributed by atoms with Crippen molar-refractivity contribution in [1.29, 1.82) is 0 Å². The predicted octanol–water partition coefficient (Wildman–Crippen LogP) is 3.89. The van der Waals surface area contributed by atoms with Crippen LogP contribution in [0.2, 0.25) is 0 Å². The Morgan fingerprint density at radius 1 is 1.28 bits per heavy atom. The number of rotatable bonds is 13. The van der Waals surface area contributed by atoms with Crippen molar-refractivity contribution in [3.63, 3.8) is 0 Å². The van der Waals surface area contributed by atoms with Crippen LogP contribution in [-0.4, -0.2) is 66.6 Å². The summed E-state index contributed by atoms with van der Waals surface area (Å²) < 4.78 is 1.39.